The van der Waals surface area contributed by atoms with Gasteiger partial charge in [0.15, 0.2) is 0 Å². The second-order valence-electron chi connectivity index (χ2n) is 5.59. The molecule has 2 aromatic rings. The summed E-state index contributed by atoms with van der Waals surface area (Å²) in [5, 5.41) is 3.94. The van der Waals surface area contributed by atoms with Gasteiger partial charge in [-0.2, -0.15) is 0 Å². The standard InChI is InChI=1S/C17H16Cl2N4O2/c18-13-2-1-3-14(16(13)19)21-15-5-4-12(10-20-15)17(25)23-8-6-22(11-24)7-9-23/h1-5,10-11H,6-9H2,(H,20,21). The molecule has 1 aliphatic heterocycles. The summed E-state index contributed by atoms with van der Waals surface area (Å²) >= 11 is 12.1. The highest BCUT2D eigenvalue weighted by Gasteiger charge is 2.21. The average Bonchev–Trinajstić information content (AvgIpc) is 2.65. The second-order valence-corrected chi connectivity index (χ2v) is 6.38. The maximum atomic E-state index is 12.5. The SMILES string of the molecule is O=CN1CCN(C(=O)c2ccc(Nc3cccc(Cl)c3Cl)nc2)CC1. The largest absolute Gasteiger partial charge is 0.342 e. The molecule has 0 radical (unpaired) electrons. The molecule has 0 saturated carbocycles. The van der Waals surface area contributed by atoms with Crippen LogP contribution in [0.25, 0.3) is 0 Å². The minimum absolute atomic E-state index is 0.0922. The van der Waals surface area contributed by atoms with Crippen molar-refractivity contribution in [1.82, 2.24) is 14.8 Å². The maximum Gasteiger partial charge on any atom is 0.255 e. The number of carbonyl (C=O) groups is 2. The Bertz CT molecular complexity index is 775. The van der Waals surface area contributed by atoms with Crippen LogP contribution in [0.5, 0.6) is 0 Å². The molecule has 2 heterocycles. The van der Waals surface area contributed by atoms with Crippen LogP contribution < -0.4 is 5.32 Å². The van der Waals surface area contributed by atoms with Crippen LogP contribution >= 0.6 is 23.2 Å². The van der Waals surface area contributed by atoms with Gasteiger partial charge in [0.05, 0.1) is 21.3 Å². The molecule has 1 N–H and O–H groups in total. The summed E-state index contributed by atoms with van der Waals surface area (Å²) in [4.78, 5) is 30.9. The molecular formula is C17H16Cl2N4O2. The number of halogens is 2. The summed E-state index contributed by atoms with van der Waals surface area (Å²) in [6.07, 6.45) is 2.33. The van der Waals surface area contributed by atoms with Gasteiger partial charge >= 0.3 is 0 Å². The molecule has 3 rings (SSSR count). The summed E-state index contributed by atoms with van der Waals surface area (Å²) < 4.78 is 0. The summed E-state index contributed by atoms with van der Waals surface area (Å²) in [5.41, 5.74) is 1.15. The van der Waals surface area contributed by atoms with E-state index in [0.717, 1.165) is 6.41 Å². The number of aromatic nitrogens is 1. The van der Waals surface area contributed by atoms with E-state index in [9.17, 15) is 9.59 Å². The van der Waals surface area contributed by atoms with E-state index in [-0.39, 0.29) is 5.91 Å². The van der Waals surface area contributed by atoms with Crippen LogP contribution in [0.2, 0.25) is 10.0 Å². The van der Waals surface area contributed by atoms with E-state index in [1.54, 1.807) is 40.1 Å². The number of hydrogen-bond acceptors (Lipinski definition) is 4. The zero-order chi connectivity index (χ0) is 17.8. The number of nitrogens with one attached hydrogen (secondary N) is 1. The Morgan fingerprint density at radius 3 is 2.52 bits per heavy atom. The van der Waals surface area contributed by atoms with Crippen LogP contribution in [0.1, 0.15) is 10.4 Å². The van der Waals surface area contributed by atoms with Gasteiger partial charge in [0.1, 0.15) is 5.82 Å². The summed E-state index contributed by atoms with van der Waals surface area (Å²) in [6, 6.07) is 8.71. The van der Waals surface area contributed by atoms with Crippen molar-refractivity contribution in [2.24, 2.45) is 0 Å². The number of benzene rings is 1. The van der Waals surface area contributed by atoms with Crippen LogP contribution in [-0.2, 0) is 4.79 Å². The molecular weight excluding hydrogens is 363 g/mol. The number of nitrogens with zero attached hydrogens (tertiary/aromatic N) is 3. The van der Waals surface area contributed by atoms with E-state index in [1.807, 2.05) is 0 Å². The van der Waals surface area contributed by atoms with E-state index in [1.165, 1.54) is 6.20 Å². The van der Waals surface area contributed by atoms with Crippen LogP contribution in [0.3, 0.4) is 0 Å². The first-order valence-corrected chi connectivity index (χ1v) is 8.50. The molecule has 1 saturated heterocycles. The zero-order valence-electron chi connectivity index (χ0n) is 13.3. The predicted molar refractivity (Wildman–Crippen MR) is 97.5 cm³/mol. The normalized spacial score (nSPS) is 14.3. The number of carbonyl (C=O) groups excluding carboxylic acids is 2. The third-order valence-corrected chi connectivity index (χ3v) is 4.79. The Kier molecular flexibility index (Phi) is 5.40. The van der Waals surface area contributed by atoms with Gasteiger partial charge in [-0.15, -0.1) is 0 Å². The van der Waals surface area contributed by atoms with Gasteiger partial charge in [0.2, 0.25) is 6.41 Å². The fourth-order valence-corrected chi connectivity index (χ4v) is 2.89. The predicted octanol–water partition coefficient (Wildman–Crippen LogP) is 3.05. The van der Waals surface area contributed by atoms with Crippen molar-refractivity contribution in [1.29, 1.82) is 0 Å². The summed E-state index contributed by atoms with van der Waals surface area (Å²) in [6.45, 7) is 2.15. The molecule has 0 spiro atoms. The number of piperazine rings is 1. The Balaban J connectivity index is 1.67. The smallest absolute Gasteiger partial charge is 0.255 e. The van der Waals surface area contributed by atoms with Gasteiger partial charge in [0, 0.05) is 32.4 Å². The van der Waals surface area contributed by atoms with E-state index >= 15 is 0 Å². The Morgan fingerprint density at radius 2 is 1.88 bits per heavy atom. The van der Waals surface area contributed by atoms with Gasteiger partial charge in [-0.3, -0.25) is 9.59 Å². The zero-order valence-corrected chi connectivity index (χ0v) is 14.8. The molecule has 0 bridgehead atoms. The molecule has 0 atom stereocenters. The van der Waals surface area contributed by atoms with Gasteiger partial charge < -0.3 is 15.1 Å². The van der Waals surface area contributed by atoms with Crippen LogP contribution in [0.15, 0.2) is 36.5 Å². The number of anilines is 2. The first-order valence-electron chi connectivity index (χ1n) is 7.74. The Labute approximate surface area is 155 Å². The van der Waals surface area contributed by atoms with Crippen molar-refractivity contribution < 1.29 is 9.59 Å². The molecule has 1 aromatic carbocycles. The summed E-state index contributed by atoms with van der Waals surface area (Å²) in [5.74, 6) is 0.469. The number of pyridine rings is 1. The highest BCUT2D eigenvalue weighted by molar-refractivity contribution is 6.43. The third kappa shape index (κ3) is 4.03. The highest BCUT2D eigenvalue weighted by Crippen LogP contribution is 2.31. The molecule has 25 heavy (non-hydrogen) atoms. The maximum absolute atomic E-state index is 12.5. The minimum Gasteiger partial charge on any atom is -0.342 e. The fraction of sp³-hybridized carbons (Fsp3) is 0.235. The van der Waals surface area contributed by atoms with Gasteiger partial charge in [0.25, 0.3) is 5.91 Å². The molecule has 6 nitrogen and oxygen atoms in total. The second kappa shape index (κ2) is 7.72. The Hall–Kier alpha value is -2.31. The van der Waals surface area contributed by atoms with E-state index in [2.05, 4.69) is 10.3 Å². The van der Waals surface area contributed by atoms with Gasteiger partial charge in [-0.1, -0.05) is 29.3 Å². The molecule has 0 unspecified atom stereocenters. The highest BCUT2D eigenvalue weighted by atomic mass is 35.5. The van der Waals surface area contributed by atoms with E-state index in [4.69, 9.17) is 23.2 Å². The van der Waals surface area contributed by atoms with Crippen molar-refractivity contribution in [3.05, 3.63) is 52.1 Å². The molecule has 130 valence electrons. The van der Waals surface area contributed by atoms with Crippen molar-refractivity contribution in [3.8, 4) is 0 Å². The molecule has 1 aliphatic rings. The van der Waals surface area contributed by atoms with E-state index in [0.29, 0.717) is 53.3 Å². The summed E-state index contributed by atoms with van der Waals surface area (Å²) in [7, 11) is 0. The molecule has 1 aromatic heterocycles. The number of hydrogen-bond donors (Lipinski definition) is 1. The lowest BCUT2D eigenvalue weighted by Gasteiger charge is -2.32. The lowest BCUT2D eigenvalue weighted by Crippen LogP contribution is -2.48. The van der Waals surface area contributed by atoms with E-state index < -0.39 is 0 Å². The lowest BCUT2D eigenvalue weighted by molar-refractivity contribution is -0.119. The Morgan fingerprint density at radius 1 is 1.12 bits per heavy atom. The lowest BCUT2D eigenvalue weighted by atomic mass is 10.2. The van der Waals surface area contributed by atoms with Crippen LogP contribution in [0, 0.1) is 0 Å². The van der Waals surface area contributed by atoms with Crippen molar-refractivity contribution in [3.63, 3.8) is 0 Å². The van der Waals surface area contributed by atoms with Crippen molar-refractivity contribution >= 4 is 47.0 Å². The average molecular weight is 379 g/mol. The van der Waals surface area contributed by atoms with Crippen molar-refractivity contribution in [2.75, 3.05) is 31.5 Å². The molecule has 2 amide bonds. The number of rotatable bonds is 4. The first kappa shape index (κ1) is 17.5. The molecule has 8 heteroatoms. The van der Waals surface area contributed by atoms with Crippen LogP contribution in [-0.4, -0.2) is 53.3 Å². The molecule has 0 aliphatic carbocycles. The fourth-order valence-electron chi connectivity index (χ4n) is 2.55. The minimum atomic E-state index is -0.0922. The quantitative estimate of drug-likeness (QED) is 0.830. The monoisotopic (exact) mass is 378 g/mol. The topological polar surface area (TPSA) is 65.5 Å². The first-order chi connectivity index (χ1) is 12.1. The van der Waals surface area contributed by atoms with Crippen LogP contribution in [0.4, 0.5) is 11.5 Å². The third-order valence-electron chi connectivity index (χ3n) is 3.98. The van der Waals surface area contributed by atoms with Gasteiger partial charge in [-0.25, -0.2) is 4.98 Å². The van der Waals surface area contributed by atoms with Gasteiger partial charge in [-0.05, 0) is 24.3 Å². The molecule has 1 fully saturated rings. The number of amides is 2. The van der Waals surface area contributed by atoms with Crippen molar-refractivity contribution in [2.45, 2.75) is 0 Å².